The van der Waals surface area contributed by atoms with Crippen molar-refractivity contribution in [2.75, 3.05) is 33.9 Å². The molecule has 24 heavy (non-hydrogen) atoms. The summed E-state index contributed by atoms with van der Waals surface area (Å²) < 4.78 is 16.2. The standard InChI is InChI=1S/C18H25NO5/c1-22-13-4-3-5-14(10-13)24-12-17(21)19-8-6-18(7-9-19)15(20)11-16(18)23-2/h3-5,10,15-16,20H,6-9,11-12H2,1-2H3/t15-,16+/m0/s1. The van der Waals surface area contributed by atoms with Gasteiger partial charge in [-0.25, -0.2) is 0 Å². The number of aliphatic hydroxyl groups is 1. The molecule has 1 aliphatic heterocycles. The fraction of sp³-hybridized carbons (Fsp3) is 0.611. The lowest BCUT2D eigenvalue weighted by atomic mass is 9.58. The van der Waals surface area contributed by atoms with E-state index in [-0.39, 0.29) is 30.1 Å². The summed E-state index contributed by atoms with van der Waals surface area (Å²) in [6, 6.07) is 7.21. The maximum absolute atomic E-state index is 12.4. The van der Waals surface area contributed by atoms with Crippen molar-refractivity contribution in [2.24, 2.45) is 5.41 Å². The molecule has 132 valence electrons. The van der Waals surface area contributed by atoms with Gasteiger partial charge in [-0.1, -0.05) is 6.07 Å². The largest absolute Gasteiger partial charge is 0.497 e. The Morgan fingerprint density at radius 1 is 1.29 bits per heavy atom. The third kappa shape index (κ3) is 3.08. The number of benzene rings is 1. The van der Waals surface area contributed by atoms with Crippen LogP contribution >= 0.6 is 0 Å². The Balaban J connectivity index is 1.50. The Kier molecular flexibility index (Phi) is 4.96. The van der Waals surface area contributed by atoms with Crippen LogP contribution in [0.5, 0.6) is 11.5 Å². The second kappa shape index (κ2) is 6.99. The van der Waals surface area contributed by atoms with E-state index in [1.54, 1.807) is 26.4 Å². The molecule has 1 spiro atoms. The lowest BCUT2D eigenvalue weighted by Gasteiger charge is -2.56. The number of ether oxygens (including phenoxy) is 3. The summed E-state index contributed by atoms with van der Waals surface area (Å²) in [4.78, 5) is 14.2. The molecule has 1 saturated carbocycles. The van der Waals surface area contributed by atoms with Gasteiger partial charge in [0.2, 0.25) is 0 Å². The highest BCUT2D eigenvalue weighted by Gasteiger charge is 2.56. The molecular weight excluding hydrogens is 310 g/mol. The van der Waals surface area contributed by atoms with Crippen molar-refractivity contribution in [2.45, 2.75) is 31.5 Å². The quantitative estimate of drug-likeness (QED) is 0.882. The molecule has 2 fully saturated rings. The van der Waals surface area contributed by atoms with Gasteiger partial charge in [-0.05, 0) is 25.0 Å². The van der Waals surface area contributed by atoms with Crippen molar-refractivity contribution >= 4 is 5.91 Å². The highest BCUT2D eigenvalue weighted by molar-refractivity contribution is 5.77. The first-order valence-electron chi connectivity index (χ1n) is 8.34. The minimum atomic E-state index is -0.312. The molecule has 2 atom stereocenters. The fourth-order valence-electron chi connectivity index (χ4n) is 3.81. The van der Waals surface area contributed by atoms with E-state index in [1.807, 2.05) is 17.0 Å². The van der Waals surface area contributed by atoms with E-state index in [2.05, 4.69) is 0 Å². The SMILES string of the molecule is COc1cccc(OCC(=O)N2CCC3(CC2)[C@@H](O)C[C@H]3OC)c1. The van der Waals surface area contributed by atoms with Crippen molar-refractivity contribution < 1.29 is 24.1 Å². The second-order valence-electron chi connectivity index (χ2n) is 6.56. The maximum Gasteiger partial charge on any atom is 0.260 e. The number of piperidine rings is 1. The van der Waals surface area contributed by atoms with Crippen molar-refractivity contribution in [1.82, 2.24) is 4.90 Å². The van der Waals surface area contributed by atoms with E-state index < -0.39 is 0 Å². The van der Waals surface area contributed by atoms with Gasteiger partial charge in [0.25, 0.3) is 5.91 Å². The zero-order valence-electron chi connectivity index (χ0n) is 14.2. The van der Waals surface area contributed by atoms with Crippen LogP contribution in [0.4, 0.5) is 0 Å². The molecule has 1 saturated heterocycles. The summed E-state index contributed by atoms with van der Waals surface area (Å²) in [5, 5.41) is 10.1. The third-order valence-corrected chi connectivity index (χ3v) is 5.48. The zero-order valence-corrected chi connectivity index (χ0v) is 14.2. The summed E-state index contributed by atoms with van der Waals surface area (Å²) in [7, 11) is 3.29. The minimum Gasteiger partial charge on any atom is -0.497 e. The van der Waals surface area contributed by atoms with Crippen LogP contribution in [0.2, 0.25) is 0 Å². The van der Waals surface area contributed by atoms with Crippen molar-refractivity contribution in [3.8, 4) is 11.5 Å². The average molecular weight is 335 g/mol. The third-order valence-electron chi connectivity index (χ3n) is 5.48. The van der Waals surface area contributed by atoms with Gasteiger partial charge in [-0.2, -0.15) is 0 Å². The molecule has 1 aromatic rings. The summed E-state index contributed by atoms with van der Waals surface area (Å²) in [5.74, 6) is 1.28. The Hall–Kier alpha value is -1.79. The molecule has 1 amide bonds. The molecule has 3 rings (SSSR count). The van der Waals surface area contributed by atoms with Gasteiger partial charge in [0.1, 0.15) is 11.5 Å². The van der Waals surface area contributed by atoms with Gasteiger partial charge < -0.3 is 24.2 Å². The van der Waals surface area contributed by atoms with Crippen LogP contribution in [0.1, 0.15) is 19.3 Å². The normalized spacial score (nSPS) is 25.2. The monoisotopic (exact) mass is 335 g/mol. The van der Waals surface area contributed by atoms with Gasteiger partial charge in [-0.3, -0.25) is 4.79 Å². The first-order chi connectivity index (χ1) is 11.6. The molecule has 1 aliphatic carbocycles. The maximum atomic E-state index is 12.4. The van der Waals surface area contributed by atoms with E-state index in [0.717, 1.165) is 12.8 Å². The molecule has 0 unspecified atom stereocenters. The fourth-order valence-corrected chi connectivity index (χ4v) is 3.81. The average Bonchev–Trinajstić information content (AvgIpc) is 2.64. The van der Waals surface area contributed by atoms with Gasteiger partial charge >= 0.3 is 0 Å². The zero-order chi connectivity index (χ0) is 17.2. The van der Waals surface area contributed by atoms with Crippen LogP contribution in [-0.4, -0.2) is 62.0 Å². The minimum absolute atomic E-state index is 0.0103. The number of likely N-dealkylation sites (tertiary alicyclic amines) is 1. The van der Waals surface area contributed by atoms with Gasteiger partial charge in [-0.15, -0.1) is 0 Å². The molecule has 0 aromatic heterocycles. The smallest absolute Gasteiger partial charge is 0.260 e. The summed E-state index contributed by atoms with van der Waals surface area (Å²) in [6.45, 7) is 1.28. The van der Waals surface area contributed by atoms with Crippen LogP contribution in [0.25, 0.3) is 0 Å². The van der Waals surface area contributed by atoms with Crippen LogP contribution in [0.15, 0.2) is 24.3 Å². The number of hydrogen-bond acceptors (Lipinski definition) is 5. The topological polar surface area (TPSA) is 68.2 Å². The van der Waals surface area contributed by atoms with Crippen LogP contribution in [0, 0.1) is 5.41 Å². The van der Waals surface area contributed by atoms with E-state index >= 15 is 0 Å². The number of methoxy groups -OCH3 is 2. The number of aliphatic hydroxyl groups excluding tert-OH is 1. The van der Waals surface area contributed by atoms with Gasteiger partial charge in [0.05, 0.1) is 19.3 Å². The number of hydrogen-bond donors (Lipinski definition) is 1. The lowest BCUT2D eigenvalue weighted by Crippen LogP contribution is -2.62. The van der Waals surface area contributed by atoms with Crippen molar-refractivity contribution in [3.63, 3.8) is 0 Å². The number of rotatable bonds is 5. The lowest BCUT2D eigenvalue weighted by molar-refractivity contribution is -0.202. The molecule has 0 radical (unpaired) electrons. The van der Waals surface area contributed by atoms with Crippen LogP contribution in [0.3, 0.4) is 0 Å². The number of carbonyl (C=O) groups excluding carboxylic acids is 1. The first kappa shape index (κ1) is 17.0. The van der Waals surface area contributed by atoms with Gasteiger partial charge in [0.15, 0.2) is 6.61 Å². The first-order valence-corrected chi connectivity index (χ1v) is 8.34. The Morgan fingerprint density at radius 2 is 2.00 bits per heavy atom. The van der Waals surface area contributed by atoms with Crippen molar-refractivity contribution in [3.05, 3.63) is 24.3 Å². The Morgan fingerprint density at radius 3 is 2.62 bits per heavy atom. The molecule has 6 heteroatoms. The number of carbonyl (C=O) groups is 1. The van der Waals surface area contributed by atoms with Crippen LogP contribution in [-0.2, 0) is 9.53 Å². The predicted octanol–water partition coefficient (Wildman–Crippen LogP) is 1.46. The van der Waals surface area contributed by atoms with Crippen LogP contribution < -0.4 is 9.47 Å². The summed E-state index contributed by atoms with van der Waals surface area (Å²) >= 11 is 0. The van der Waals surface area contributed by atoms with E-state index in [1.165, 1.54) is 0 Å². The summed E-state index contributed by atoms with van der Waals surface area (Å²) in [5.41, 5.74) is -0.167. The molecular formula is C18H25NO5. The number of nitrogens with zero attached hydrogens (tertiary/aromatic N) is 1. The molecule has 2 aliphatic rings. The summed E-state index contributed by atoms with van der Waals surface area (Å²) in [6.07, 6.45) is 2.05. The molecule has 0 bridgehead atoms. The molecule has 6 nitrogen and oxygen atoms in total. The molecule has 1 aromatic carbocycles. The predicted molar refractivity (Wildman–Crippen MR) is 88.2 cm³/mol. The number of amides is 1. The van der Waals surface area contributed by atoms with E-state index in [9.17, 15) is 9.90 Å². The highest BCUT2D eigenvalue weighted by Crippen LogP contribution is 2.50. The molecule has 1 heterocycles. The van der Waals surface area contributed by atoms with Crippen molar-refractivity contribution in [1.29, 1.82) is 0 Å². The van der Waals surface area contributed by atoms with E-state index in [4.69, 9.17) is 14.2 Å². The Bertz CT molecular complexity index is 583. The highest BCUT2D eigenvalue weighted by atomic mass is 16.5. The molecule has 1 N–H and O–H groups in total. The second-order valence-corrected chi connectivity index (χ2v) is 6.56. The Labute approximate surface area is 142 Å². The van der Waals surface area contributed by atoms with E-state index in [0.29, 0.717) is 31.0 Å². The van der Waals surface area contributed by atoms with Gasteiger partial charge in [0, 0.05) is 38.1 Å².